The Balaban J connectivity index is 1.40. The number of ketones is 1. The van der Waals surface area contributed by atoms with Crippen LogP contribution in [0.25, 0.3) is 22.0 Å². The Morgan fingerprint density at radius 2 is 1.55 bits per heavy atom. The lowest BCUT2D eigenvalue weighted by atomic mass is 9.86. The Hall–Kier alpha value is -5.53. The van der Waals surface area contributed by atoms with Crippen LogP contribution in [0.15, 0.2) is 66.9 Å². The van der Waals surface area contributed by atoms with Crippen LogP contribution in [0.1, 0.15) is 76.8 Å². The predicted octanol–water partition coefficient (Wildman–Crippen LogP) is 7.67. The van der Waals surface area contributed by atoms with Gasteiger partial charge in [0.15, 0.2) is 11.5 Å². The summed E-state index contributed by atoms with van der Waals surface area (Å²) in [5.74, 6) is 1.29. The van der Waals surface area contributed by atoms with Crippen molar-refractivity contribution in [2.75, 3.05) is 58.3 Å². The van der Waals surface area contributed by atoms with E-state index < -0.39 is 10.0 Å². The molecule has 1 aromatic heterocycles. The highest BCUT2D eigenvalue weighted by Crippen LogP contribution is 2.40. The smallest absolute Gasteiger partial charge is 0.255 e. The number of carbonyl (C=O) groups is 2. The maximum Gasteiger partial charge on any atom is 0.255 e. The molecule has 0 radical (unpaired) electrons. The lowest BCUT2D eigenvalue weighted by Crippen LogP contribution is -2.18. The van der Waals surface area contributed by atoms with Crippen LogP contribution < -0.4 is 24.2 Å². The van der Waals surface area contributed by atoms with E-state index in [4.69, 9.17) is 19.2 Å². The third kappa shape index (κ3) is 10.0. The van der Waals surface area contributed by atoms with E-state index in [-0.39, 0.29) is 28.5 Å². The van der Waals surface area contributed by atoms with Gasteiger partial charge in [0.25, 0.3) is 5.91 Å². The normalized spacial score (nSPS) is 11.8. The molecule has 0 atom stereocenters. The molecular weight excluding hydrogens is 731 g/mol. The summed E-state index contributed by atoms with van der Waals surface area (Å²) in [5, 5.41) is 3.78. The molecule has 12 nitrogen and oxygen atoms in total. The number of Topliss-reactive ketones (excluding diaryl/α,β-unsaturated/α-hetero) is 1. The van der Waals surface area contributed by atoms with Gasteiger partial charge < -0.3 is 24.4 Å². The topological polar surface area (TPSA) is 149 Å². The zero-order chi connectivity index (χ0) is 40.9. The fourth-order valence-electron chi connectivity index (χ4n) is 6.45. The number of amides is 1. The van der Waals surface area contributed by atoms with Crippen molar-refractivity contribution >= 4 is 44.0 Å². The van der Waals surface area contributed by atoms with Gasteiger partial charge in [-0.3, -0.25) is 14.3 Å². The quantitative estimate of drug-likeness (QED) is 0.101. The average Bonchev–Trinajstić information content (AvgIpc) is 3.13. The first-order valence-corrected chi connectivity index (χ1v) is 20.1. The molecule has 56 heavy (non-hydrogen) atoms. The summed E-state index contributed by atoms with van der Waals surface area (Å²) in [4.78, 5) is 38.5. The van der Waals surface area contributed by atoms with Crippen molar-refractivity contribution < 1.29 is 32.2 Å². The van der Waals surface area contributed by atoms with E-state index in [1.165, 1.54) is 7.11 Å². The molecule has 1 heterocycles. The first kappa shape index (κ1) is 41.6. The summed E-state index contributed by atoms with van der Waals surface area (Å²) in [6, 6.07) is 18.5. The van der Waals surface area contributed by atoms with E-state index in [1.54, 1.807) is 38.6 Å². The Bertz CT molecular complexity index is 2360. The van der Waals surface area contributed by atoms with Crippen molar-refractivity contribution in [1.29, 1.82) is 0 Å². The SMILES string of the molecule is COc1cc(Cc2ncc3cc(-c4cc(C(=O)Nc5cc(C(C)(C)C)cc(NS(C)(=O)=O)c5OC)ccc4C)ccc3n2)cc(OC)c1C(=O)CCCN(C)C. The van der Waals surface area contributed by atoms with Gasteiger partial charge in [-0.2, -0.15) is 0 Å². The number of aryl methyl sites for hydroxylation is 1. The molecule has 2 N–H and O–H groups in total. The molecule has 296 valence electrons. The minimum atomic E-state index is -3.63. The standard InChI is InChI=1S/C43H51N5O7S/c1-26-13-14-29(42(50)46-34-23-31(43(2,3)4)24-35(41(34)55-9)47-56(10,51)52)22-32(26)28-15-16-33-30(21-28)25-44-39(45-33)20-27-18-37(53-7)40(38(19-27)54-8)36(49)12-11-17-48(5)6/h13-16,18-19,21-25,47H,11-12,17,20H2,1-10H3,(H,46,50). The van der Waals surface area contributed by atoms with Crippen LogP contribution in [0.4, 0.5) is 11.4 Å². The van der Waals surface area contributed by atoms with Crippen molar-refractivity contribution in [3.05, 3.63) is 101 Å². The van der Waals surface area contributed by atoms with Gasteiger partial charge >= 0.3 is 0 Å². The highest BCUT2D eigenvalue weighted by Gasteiger charge is 2.24. The zero-order valence-corrected chi connectivity index (χ0v) is 34.6. The largest absolute Gasteiger partial charge is 0.496 e. The first-order chi connectivity index (χ1) is 26.4. The minimum absolute atomic E-state index is 0.0320. The molecule has 13 heteroatoms. The number of nitrogens with zero attached hydrogens (tertiary/aromatic N) is 3. The summed E-state index contributed by atoms with van der Waals surface area (Å²) in [7, 11) is 4.84. The van der Waals surface area contributed by atoms with Gasteiger partial charge in [0.1, 0.15) is 22.9 Å². The van der Waals surface area contributed by atoms with Crippen LogP contribution in [-0.4, -0.2) is 83.2 Å². The highest BCUT2D eigenvalue weighted by molar-refractivity contribution is 7.92. The molecule has 0 aliphatic heterocycles. The lowest BCUT2D eigenvalue weighted by molar-refractivity contribution is 0.0970. The number of hydrogen-bond acceptors (Lipinski definition) is 10. The number of methoxy groups -OCH3 is 3. The molecule has 0 saturated heterocycles. The molecule has 0 aliphatic rings. The number of ether oxygens (including phenoxy) is 3. The second-order valence-electron chi connectivity index (χ2n) is 15.2. The van der Waals surface area contributed by atoms with E-state index in [0.29, 0.717) is 47.0 Å². The number of anilines is 2. The Labute approximate surface area is 329 Å². The third-order valence-corrected chi connectivity index (χ3v) is 9.95. The second kappa shape index (κ2) is 17.1. The molecule has 5 aromatic rings. The lowest BCUT2D eigenvalue weighted by Gasteiger charge is -2.24. The molecule has 0 spiro atoms. The van der Waals surface area contributed by atoms with Gasteiger partial charge in [-0.05, 0) is 116 Å². The van der Waals surface area contributed by atoms with E-state index in [9.17, 15) is 18.0 Å². The van der Waals surface area contributed by atoms with Gasteiger partial charge in [0, 0.05) is 30.0 Å². The number of rotatable bonds is 15. The van der Waals surface area contributed by atoms with Gasteiger partial charge in [-0.25, -0.2) is 18.4 Å². The van der Waals surface area contributed by atoms with E-state index >= 15 is 0 Å². The van der Waals surface area contributed by atoms with Crippen LogP contribution in [0, 0.1) is 6.92 Å². The Morgan fingerprint density at radius 1 is 0.875 bits per heavy atom. The maximum absolute atomic E-state index is 13.8. The van der Waals surface area contributed by atoms with Crippen LogP contribution >= 0.6 is 0 Å². The summed E-state index contributed by atoms with van der Waals surface area (Å²) < 4.78 is 43.8. The fourth-order valence-corrected chi connectivity index (χ4v) is 7.00. The number of carbonyl (C=O) groups excluding carboxylic acids is 2. The summed E-state index contributed by atoms with van der Waals surface area (Å²) in [5.41, 5.74) is 6.18. The first-order valence-electron chi connectivity index (χ1n) is 18.2. The maximum atomic E-state index is 13.8. The predicted molar refractivity (Wildman–Crippen MR) is 222 cm³/mol. The second-order valence-corrected chi connectivity index (χ2v) is 16.9. The third-order valence-electron chi connectivity index (χ3n) is 9.36. The van der Waals surface area contributed by atoms with Gasteiger partial charge in [0.2, 0.25) is 10.0 Å². The van der Waals surface area contributed by atoms with Crippen molar-refractivity contribution in [3.8, 4) is 28.4 Å². The zero-order valence-electron chi connectivity index (χ0n) is 33.8. The molecule has 4 aromatic carbocycles. The molecular formula is C43H51N5O7S. The molecule has 0 bridgehead atoms. The van der Waals surface area contributed by atoms with Gasteiger partial charge in [-0.1, -0.05) is 32.9 Å². The number of aromatic nitrogens is 2. The summed E-state index contributed by atoms with van der Waals surface area (Å²) in [6.45, 7) is 8.78. The van der Waals surface area contributed by atoms with Crippen molar-refractivity contribution in [1.82, 2.24) is 14.9 Å². The van der Waals surface area contributed by atoms with Crippen molar-refractivity contribution in [3.63, 3.8) is 0 Å². The fraction of sp³-hybridized carbons (Fsp3) is 0.349. The monoisotopic (exact) mass is 781 g/mol. The molecule has 0 aliphatic carbocycles. The molecule has 0 fully saturated rings. The number of fused-ring (bicyclic) bond motifs is 1. The molecule has 5 rings (SSSR count). The summed E-state index contributed by atoms with van der Waals surface area (Å²) >= 11 is 0. The number of benzene rings is 4. The number of hydrogen-bond donors (Lipinski definition) is 2. The van der Waals surface area contributed by atoms with Gasteiger partial charge in [0.05, 0.1) is 44.5 Å². The van der Waals surface area contributed by atoms with Crippen LogP contribution in [0.3, 0.4) is 0 Å². The molecule has 0 saturated carbocycles. The van der Waals surface area contributed by atoms with Crippen molar-refractivity contribution in [2.24, 2.45) is 0 Å². The Kier molecular flexibility index (Phi) is 12.7. The van der Waals surface area contributed by atoms with Gasteiger partial charge in [-0.15, -0.1) is 0 Å². The van der Waals surface area contributed by atoms with Crippen molar-refractivity contribution in [2.45, 2.75) is 52.4 Å². The van der Waals surface area contributed by atoms with E-state index in [2.05, 4.69) is 15.0 Å². The Morgan fingerprint density at radius 3 is 2.16 bits per heavy atom. The number of sulfonamides is 1. The van der Waals surface area contributed by atoms with Crippen LogP contribution in [0.5, 0.6) is 17.2 Å². The summed E-state index contributed by atoms with van der Waals surface area (Å²) in [6.07, 6.45) is 4.34. The van der Waals surface area contributed by atoms with E-state index in [0.717, 1.165) is 57.9 Å². The van der Waals surface area contributed by atoms with Crippen LogP contribution in [0.2, 0.25) is 0 Å². The minimum Gasteiger partial charge on any atom is -0.496 e. The molecule has 0 unspecified atom stereocenters. The molecule has 1 amide bonds. The van der Waals surface area contributed by atoms with E-state index in [1.807, 2.05) is 89.2 Å². The van der Waals surface area contributed by atoms with Crippen LogP contribution in [-0.2, 0) is 21.9 Å². The average molecular weight is 782 g/mol. The highest BCUT2D eigenvalue weighted by atomic mass is 32.2. The number of nitrogens with one attached hydrogen (secondary N) is 2.